The Morgan fingerprint density at radius 3 is 2.47 bits per heavy atom. The summed E-state index contributed by atoms with van der Waals surface area (Å²) in [5.41, 5.74) is 2.94. The van der Waals surface area contributed by atoms with Crippen LogP contribution in [-0.2, 0) is 11.3 Å². The summed E-state index contributed by atoms with van der Waals surface area (Å²) in [5, 5.41) is 10.7. The lowest BCUT2D eigenvalue weighted by Crippen LogP contribution is -2.42. The number of nitrogens with zero attached hydrogens (tertiary/aromatic N) is 3. The molecular formula is C32H35F2N5O4. The number of amides is 2. The number of anilines is 1. The normalized spacial score (nSPS) is 16.7. The molecule has 1 aliphatic heterocycles. The molecule has 1 aliphatic rings. The van der Waals surface area contributed by atoms with Gasteiger partial charge in [-0.1, -0.05) is 36.4 Å². The molecule has 0 bridgehead atoms. The molecule has 0 unspecified atom stereocenters. The van der Waals surface area contributed by atoms with E-state index in [1.807, 2.05) is 61.5 Å². The number of carbonyl (C=O) groups excluding carboxylic acids is 1. The number of carbonyl (C=O) groups is 1. The first-order chi connectivity index (χ1) is 20.9. The third kappa shape index (κ3) is 7.12. The number of halogens is 2. The van der Waals surface area contributed by atoms with Gasteiger partial charge in [-0.15, -0.1) is 5.10 Å². The quantitative estimate of drug-likeness (QED) is 0.247. The van der Waals surface area contributed by atoms with Gasteiger partial charge in [0.1, 0.15) is 18.2 Å². The minimum Gasteiger partial charge on any atom is -0.497 e. The van der Waals surface area contributed by atoms with Crippen molar-refractivity contribution in [2.45, 2.75) is 25.5 Å². The van der Waals surface area contributed by atoms with Crippen molar-refractivity contribution in [1.82, 2.24) is 20.0 Å². The molecule has 1 aromatic heterocycles. The van der Waals surface area contributed by atoms with Crippen molar-refractivity contribution in [3.63, 3.8) is 0 Å². The molecule has 2 heterocycles. The standard InChI is InChI=1S/C32H35F2N5O4/c1-21-30(39(24-7-5-4-6-8-24)37-31(21)43-20-22-9-12-25(42-3)13-10-22)36-32(40)35-29-19-38(15-16-41-2)18-26(29)23-11-14-27(33)28(34)17-23/h4-14,17,26,29H,15-16,18-20H2,1-3H3,(H2,35,36,40)/t26-,29+/m0/s1. The Hall–Kier alpha value is -4.48. The van der Waals surface area contributed by atoms with Gasteiger partial charge in [-0.2, -0.15) is 0 Å². The van der Waals surface area contributed by atoms with Gasteiger partial charge >= 0.3 is 6.03 Å². The van der Waals surface area contributed by atoms with Crippen molar-refractivity contribution in [2.75, 3.05) is 45.8 Å². The van der Waals surface area contributed by atoms with Crippen LogP contribution in [0, 0.1) is 18.6 Å². The molecule has 1 fully saturated rings. The summed E-state index contributed by atoms with van der Waals surface area (Å²) in [4.78, 5) is 15.6. The summed E-state index contributed by atoms with van der Waals surface area (Å²) in [6.07, 6.45) is 0. The molecule has 0 spiro atoms. The van der Waals surface area contributed by atoms with Gasteiger partial charge in [0.05, 0.1) is 31.0 Å². The summed E-state index contributed by atoms with van der Waals surface area (Å²) in [6, 6.07) is 20.0. The fourth-order valence-corrected chi connectivity index (χ4v) is 5.22. The van der Waals surface area contributed by atoms with E-state index in [0.29, 0.717) is 49.1 Å². The Balaban J connectivity index is 1.36. The number of para-hydroxylation sites is 1. The van der Waals surface area contributed by atoms with Crippen molar-refractivity contribution in [3.8, 4) is 17.3 Å². The van der Waals surface area contributed by atoms with Crippen LogP contribution in [0.25, 0.3) is 5.69 Å². The highest BCUT2D eigenvalue weighted by Gasteiger charge is 2.35. The van der Waals surface area contributed by atoms with Crippen molar-refractivity contribution in [2.24, 2.45) is 0 Å². The maximum Gasteiger partial charge on any atom is 0.320 e. The number of methoxy groups -OCH3 is 2. The number of nitrogens with one attached hydrogen (secondary N) is 2. The summed E-state index contributed by atoms with van der Waals surface area (Å²) in [5.74, 6) is -0.494. The van der Waals surface area contributed by atoms with Crippen LogP contribution in [0.4, 0.5) is 19.4 Å². The number of ether oxygens (including phenoxy) is 3. The Morgan fingerprint density at radius 1 is 1.00 bits per heavy atom. The third-order valence-electron chi connectivity index (χ3n) is 7.54. The number of hydrogen-bond acceptors (Lipinski definition) is 6. The van der Waals surface area contributed by atoms with Crippen LogP contribution in [0.3, 0.4) is 0 Å². The zero-order chi connectivity index (χ0) is 30.3. The minimum absolute atomic E-state index is 0.249. The van der Waals surface area contributed by atoms with Crippen LogP contribution in [0.15, 0.2) is 72.8 Å². The highest BCUT2D eigenvalue weighted by molar-refractivity contribution is 5.90. The Morgan fingerprint density at radius 2 is 1.77 bits per heavy atom. The van der Waals surface area contributed by atoms with Crippen LogP contribution >= 0.6 is 0 Å². The number of benzene rings is 3. The Kier molecular flexibility index (Phi) is 9.53. The molecule has 1 saturated heterocycles. The first kappa shape index (κ1) is 30.0. The minimum atomic E-state index is -0.916. The first-order valence-electron chi connectivity index (χ1n) is 14.0. The predicted molar refractivity (Wildman–Crippen MR) is 159 cm³/mol. The lowest BCUT2D eigenvalue weighted by molar-refractivity contribution is 0.159. The Labute approximate surface area is 249 Å². The molecule has 2 atom stereocenters. The van der Waals surface area contributed by atoms with E-state index in [1.54, 1.807) is 25.0 Å². The lowest BCUT2D eigenvalue weighted by Gasteiger charge is -2.21. The average molecular weight is 592 g/mol. The summed E-state index contributed by atoms with van der Waals surface area (Å²) < 4.78 is 46.0. The molecule has 11 heteroatoms. The third-order valence-corrected chi connectivity index (χ3v) is 7.54. The van der Waals surface area contributed by atoms with Gasteiger partial charge in [-0.25, -0.2) is 18.3 Å². The van der Waals surface area contributed by atoms with Crippen LogP contribution in [0.5, 0.6) is 11.6 Å². The van der Waals surface area contributed by atoms with Crippen LogP contribution in [0.2, 0.25) is 0 Å². The molecule has 2 N–H and O–H groups in total. The van der Waals surface area contributed by atoms with Gasteiger partial charge in [0.15, 0.2) is 11.6 Å². The number of hydrogen-bond donors (Lipinski definition) is 2. The van der Waals surface area contributed by atoms with E-state index in [0.717, 1.165) is 23.1 Å². The molecule has 4 aromatic rings. The molecule has 43 heavy (non-hydrogen) atoms. The number of rotatable bonds is 11. The van der Waals surface area contributed by atoms with Crippen LogP contribution in [-0.4, -0.2) is 67.2 Å². The molecule has 226 valence electrons. The predicted octanol–water partition coefficient (Wildman–Crippen LogP) is 5.28. The molecule has 5 rings (SSSR count). The zero-order valence-corrected chi connectivity index (χ0v) is 24.3. The van der Waals surface area contributed by atoms with Gasteiger partial charge in [-0.3, -0.25) is 10.2 Å². The molecule has 2 amide bonds. The van der Waals surface area contributed by atoms with Gasteiger partial charge in [0, 0.05) is 32.7 Å². The second kappa shape index (κ2) is 13.7. The van der Waals surface area contributed by atoms with Crippen LogP contribution in [0.1, 0.15) is 22.6 Å². The van der Waals surface area contributed by atoms with Gasteiger partial charge in [0.25, 0.3) is 0 Å². The van der Waals surface area contributed by atoms with Crippen molar-refractivity contribution >= 4 is 11.8 Å². The zero-order valence-electron chi connectivity index (χ0n) is 24.3. The summed E-state index contributed by atoms with van der Waals surface area (Å²) in [7, 11) is 3.24. The van der Waals surface area contributed by atoms with E-state index in [4.69, 9.17) is 14.2 Å². The van der Waals surface area contributed by atoms with E-state index < -0.39 is 17.7 Å². The smallest absolute Gasteiger partial charge is 0.320 e. The second-order valence-corrected chi connectivity index (χ2v) is 10.4. The second-order valence-electron chi connectivity index (χ2n) is 10.4. The first-order valence-corrected chi connectivity index (χ1v) is 14.0. The number of likely N-dealkylation sites (tertiary alicyclic amines) is 1. The fraction of sp³-hybridized carbons (Fsp3) is 0.312. The van der Waals surface area contributed by atoms with E-state index in [2.05, 4.69) is 20.6 Å². The SMILES string of the molecule is COCCN1C[C@@H](NC(=O)Nc2c(C)c(OCc3ccc(OC)cc3)nn2-c2ccccc2)[C@H](c2ccc(F)c(F)c2)C1. The fourth-order valence-electron chi connectivity index (χ4n) is 5.22. The van der Waals surface area contributed by atoms with Gasteiger partial charge in [0.2, 0.25) is 5.88 Å². The van der Waals surface area contributed by atoms with E-state index in [1.165, 1.54) is 6.07 Å². The monoisotopic (exact) mass is 591 g/mol. The number of urea groups is 1. The average Bonchev–Trinajstić information content (AvgIpc) is 3.56. The molecule has 3 aromatic carbocycles. The summed E-state index contributed by atoms with van der Waals surface area (Å²) in [6.45, 7) is 4.34. The van der Waals surface area contributed by atoms with Gasteiger partial charge in [-0.05, 0) is 54.4 Å². The van der Waals surface area contributed by atoms with Crippen LogP contribution < -0.4 is 20.1 Å². The highest BCUT2D eigenvalue weighted by Crippen LogP contribution is 2.31. The van der Waals surface area contributed by atoms with E-state index in [-0.39, 0.29) is 18.6 Å². The molecule has 0 aliphatic carbocycles. The van der Waals surface area contributed by atoms with E-state index >= 15 is 0 Å². The van der Waals surface area contributed by atoms with Crippen molar-refractivity contribution in [3.05, 3.63) is 101 Å². The molecule has 0 radical (unpaired) electrons. The van der Waals surface area contributed by atoms with Crippen molar-refractivity contribution in [1.29, 1.82) is 0 Å². The Bertz CT molecular complexity index is 1530. The largest absolute Gasteiger partial charge is 0.497 e. The lowest BCUT2D eigenvalue weighted by atomic mass is 9.94. The maximum absolute atomic E-state index is 14.1. The highest BCUT2D eigenvalue weighted by atomic mass is 19.2. The van der Waals surface area contributed by atoms with Gasteiger partial charge < -0.3 is 19.5 Å². The maximum atomic E-state index is 14.1. The summed E-state index contributed by atoms with van der Waals surface area (Å²) >= 11 is 0. The van der Waals surface area contributed by atoms with E-state index in [9.17, 15) is 13.6 Å². The van der Waals surface area contributed by atoms with Crippen molar-refractivity contribution < 1.29 is 27.8 Å². The molecule has 9 nitrogen and oxygen atoms in total. The number of aromatic nitrogens is 2. The topological polar surface area (TPSA) is 89.9 Å². The molecule has 0 saturated carbocycles. The molecular weight excluding hydrogens is 556 g/mol.